The summed E-state index contributed by atoms with van der Waals surface area (Å²) in [5, 5.41) is 9.58. The van der Waals surface area contributed by atoms with E-state index in [-0.39, 0.29) is 19.1 Å². The summed E-state index contributed by atoms with van der Waals surface area (Å²) >= 11 is 11.7. The molecule has 0 radical (unpaired) electrons. The maximum absolute atomic E-state index is 11.8. The van der Waals surface area contributed by atoms with E-state index in [2.05, 4.69) is 0 Å². The normalized spacial score (nSPS) is 10.4. The molecule has 0 saturated carbocycles. The van der Waals surface area contributed by atoms with Gasteiger partial charge in [0.05, 0.1) is 5.02 Å². The molecule has 0 atom stereocenters. The highest BCUT2D eigenvalue weighted by atomic mass is 35.5. The van der Waals surface area contributed by atoms with Crippen molar-refractivity contribution in [2.75, 3.05) is 26.8 Å². The summed E-state index contributed by atoms with van der Waals surface area (Å²) in [6.45, 7) is 0.782. The summed E-state index contributed by atoms with van der Waals surface area (Å²) in [4.78, 5) is 13.5. The number of hydrogen-bond donors (Lipinski definition) is 1. The van der Waals surface area contributed by atoms with E-state index in [1.165, 1.54) is 0 Å². The van der Waals surface area contributed by atoms with Crippen molar-refractivity contribution in [2.24, 2.45) is 0 Å². The zero-order chi connectivity index (χ0) is 15.0. The predicted molar refractivity (Wildman–Crippen MR) is 80.5 cm³/mol. The molecule has 1 aromatic carbocycles. The summed E-state index contributed by atoms with van der Waals surface area (Å²) in [5.74, 6) is 0.332. The lowest BCUT2D eigenvalue weighted by atomic mass is 10.2. The van der Waals surface area contributed by atoms with Crippen LogP contribution in [0.2, 0.25) is 10.0 Å². The van der Waals surface area contributed by atoms with Crippen LogP contribution in [0.1, 0.15) is 19.3 Å². The van der Waals surface area contributed by atoms with E-state index in [4.69, 9.17) is 33.0 Å². The monoisotopic (exact) mass is 319 g/mol. The van der Waals surface area contributed by atoms with Crippen LogP contribution in [-0.2, 0) is 4.79 Å². The second kappa shape index (κ2) is 9.06. The summed E-state index contributed by atoms with van der Waals surface area (Å²) in [7, 11) is 1.73. The van der Waals surface area contributed by atoms with E-state index in [9.17, 15) is 4.79 Å². The van der Waals surface area contributed by atoms with E-state index in [1.54, 1.807) is 30.1 Å². The van der Waals surface area contributed by atoms with Gasteiger partial charge in [-0.3, -0.25) is 4.79 Å². The van der Waals surface area contributed by atoms with Crippen LogP contribution in [0, 0.1) is 0 Å². The second-order valence-corrected chi connectivity index (χ2v) is 5.31. The first-order chi connectivity index (χ1) is 9.54. The van der Waals surface area contributed by atoms with E-state index in [1.807, 2.05) is 0 Å². The molecule has 0 aromatic heterocycles. The van der Waals surface area contributed by atoms with Gasteiger partial charge in [0.25, 0.3) is 5.91 Å². The van der Waals surface area contributed by atoms with E-state index in [0.29, 0.717) is 22.3 Å². The molecule has 0 spiro atoms. The number of rotatable bonds is 8. The van der Waals surface area contributed by atoms with Crippen molar-refractivity contribution in [2.45, 2.75) is 19.3 Å². The van der Waals surface area contributed by atoms with Gasteiger partial charge in [-0.15, -0.1) is 0 Å². The van der Waals surface area contributed by atoms with Gasteiger partial charge in [0.2, 0.25) is 0 Å². The SMILES string of the molecule is CN(CCCCCO)C(=O)COc1ccc(Cl)cc1Cl. The fourth-order valence-corrected chi connectivity index (χ4v) is 2.07. The van der Waals surface area contributed by atoms with Crippen LogP contribution < -0.4 is 4.74 Å². The molecule has 4 nitrogen and oxygen atoms in total. The fraction of sp³-hybridized carbons (Fsp3) is 0.500. The number of nitrogens with zero attached hydrogens (tertiary/aromatic N) is 1. The van der Waals surface area contributed by atoms with Crippen LogP contribution in [0.15, 0.2) is 18.2 Å². The standard InChI is InChI=1S/C14H19Cl2NO3/c1-17(7-3-2-4-8-18)14(19)10-20-13-6-5-11(15)9-12(13)16/h5-6,9,18H,2-4,7-8,10H2,1H3. The van der Waals surface area contributed by atoms with E-state index >= 15 is 0 Å². The van der Waals surface area contributed by atoms with Crippen molar-refractivity contribution in [3.63, 3.8) is 0 Å². The number of carbonyl (C=O) groups excluding carboxylic acids is 1. The molecule has 1 aromatic rings. The average molecular weight is 320 g/mol. The van der Waals surface area contributed by atoms with Crippen molar-refractivity contribution in [1.82, 2.24) is 4.90 Å². The minimum atomic E-state index is -0.111. The summed E-state index contributed by atoms with van der Waals surface area (Å²) < 4.78 is 5.38. The smallest absolute Gasteiger partial charge is 0.260 e. The predicted octanol–water partition coefficient (Wildman–Crippen LogP) is 2.99. The molecular weight excluding hydrogens is 301 g/mol. The van der Waals surface area contributed by atoms with Gasteiger partial charge in [-0.1, -0.05) is 23.2 Å². The third-order valence-electron chi connectivity index (χ3n) is 2.82. The van der Waals surface area contributed by atoms with Gasteiger partial charge in [-0.25, -0.2) is 0 Å². The third kappa shape index (κ3) is 5.99. The molecule has 1 amide bonds. The van der Waals surface area contributed by atoms with Crippen molar-refractivity contribution in [3.05, 3.63) is 28.2 Å². The highest BCUT2D eigenvalue weighted by Crippen LogP contribution is 2.27. The third-order valence-corrected chi connectivity index (χ3v) is 3.35. The zero-order valence-corrected chi connectivity index (χ0v) is 13.0. The number of aliphatic hydroxyl groups is 1. The Kier molecular flexibility index (Phi) is 7.73. The van der Waals surface area contributed by atoms with Crippen LogP contribution in [-0.4, -0.2) is 42.7 Å². The first-order valence-corrected chi connectivity index (χ1v) is 7.23. The first-order valence-electron chi connectivity index (χ1n) is 6.47. The van der Waals surface area contributed by atoms with Gasteiger partial charge in [-0.05, 0) is 37.5 Å². The van der Waals surface area contributed by atoms with Crippen LogP contribution in [0.5, 0.6) is 5.75 Å². The van der Waals surface area contributed by atoms with E-state index < -0.39 is 0 Å². The van der Waals surface area contributed by atoms with Crippen LogP contribution >= 0.6 is 23.2 Å². The highest BCUT2D eigenvalue weighted by molar-refractivity contribution is 6.35. The Balaban J connectivity index is 2.34. The van der Waals surface area contributed by atoms with Crippen LogP contribution in [0.25, 0.3) is 0 Å². The number of hydrogen-bond acceptors (Lipinski definition) is 3. The minimum absolute atomic E-state index is 0.0577. The molecular formula is C14H19Cl2NO3. The lowest BCUT2D eigenvalue weighted by molar-refractivity contribution is -0.132. The van der Waals surface area contributed by atoms with E-state index in [0.717, 1.165) is 19.3 Å². The quantitative estimate of drug-likeness (QED) is 0.749. The Morgan fingerprint density at radius 1 is 1.30 bits per heavy atom. The lowest BCUT2D eigenvalue weighted by Crippen LogP contribution is -2.32. The average Bonchev–Trinajstić information content (AvgIpc) is 2.42. The maximum atomic E-state index is 11.8. The Hall–Kier alpha value is -0.970. The lowest BCUT2D eigenvalue weighted by Gasteiger charge is -2.17. The number of carbonyl (C=O) groups is 1. The molecule has 0 aliphatic carbocycles. The number of benzene rings is 1. The molecule has 0 saturated heterocycles. The van der Waals surface area contributed by atoms with Gasteiger partial charge >= 0.3 is 0 Å². The Morgan fingerprint density at radius 3 is 2.70 bits per heavy atom. The Bertz CT molecular complexity index is 440. The molecule has 20 heavy (non-hydrogen) atoms. The fourth-order valence-electron chi connectivity index (χ4n) is 1.60. The molecule has 112 valence electrons. The van der Waals surface area contributed by atoms with Crippen molar-refractivity contribution < 1.29 is 14.6 Å². The number of ether oxygens (including phenoxy) is 1. The van der Waals surface area contributed by atoms with Gasteiger partial charge in [0.15, 0.2) is 6.61 Å². The molecule has 1 N–H and O–H groups in total. The Labute approximate surface area is 129 Å². The van der Waals surface area contributed by atoms with Crippen LogP contribution in [0.3, 0.4) is 0 Å². The second-order valence-electron chi connectivity index (χ2n) is 4.46. The van der Waals surface area contributed by atoms with Crippen molar-refractivity contribution in [3.8, 4) is 5.75 Å². The number of aliphatic hydroxyl groups excluding tert-OH is 1. The van der Waals surface area contributed by atoms with Crippen LogP contribution in [0.4, 0.5) is 0 Å². The topological polar surface area (TPSA) is 49.8 Å². The molecule has 6 heteroatoms. The summed E-state index contributed by atoms with van der Waals surface area (Å²) in [6, 6.07) is 4.87. The van der Waals surface area contributed by atoms with Gasteiger partial charge in [0, 0.05) is 25.2 Å². The minimum Gasteiger partial charge on any atom is -0.482 e. The maximum Gasteiger partial charge on any atom is 0.260 e. The highest BCUT2D eigenvalue weighted by Gasteiger charge is 2.10. The molecule has 0 fully saturated rings. The number of amides is 1. The summed E-state index contributed by atoms with van der Waals surface area (Å²) in [6.07, 6.45) is 2.53. The molecule has 0 aliphatic rings. The van der Waals surface area contributed by atoms with Crippen molar-refractivity contribution in [1.29, 1.82) is 0 Å². The largest absolute Gasteiger partial charge is 0.482 e. The molecule has 0 heterocycles. The van der Waals surface area contributed by atoms with Gasteiger partial charge in [-0.2, -0.15) is 0 Å². The van der Waals surface area contributed by atoms with Crippen molar-refractivity contribution >= 4 is 29.1 Å². The molecule has 0 bridgehead atoms. The van der Waals surface area contributed by atoms with Gasteiger partial charge < -0.3 is 14.7 Å². The number of likely N-dealkylation sites (N-methyl/N-ethyl adjacent to an activating group) is 1. The van der Waals surface area contributed by atoms with Gasteiger partial charge in [0.1, 0.15) is 5.75 Å². The molecule has 0 aliphatic heterocycles. The number of unbranched alkanes of at least 4 members (excludes halogenated alkanes) is 2. The molecule has 0 unspecified atom stereocenters. The number of halogens is 2. The Morgan fingerprint density at radius 2 is 2.05 bits per heavy atom. The zero-order valence-electron chi connectivity index (χ0n) is 11.4. The molecule has 1 rings (SSSR count). The first kappa shape index (κ1) is 17.1. The summed E-state index contributed by atoms with van der Waals surface area (Å²) in [5.41, 5.74) is 0.